The van der Waals surface area contributed by atoms with Gasteiger partial charge in [0.1, 0.15) is 11.7 Å². The first-order chi connectivity index (χ1) is 10.1. The molecule has 1 aromatic carbocycles. The van der Waals surface area contributed by atoms with Crippen molar-refractivity contribution in [3.05, 3.63) is 65.7 Å². The van der Waals surface area contributed by atoms with E-state index in [0.717, 1.165) is 0 Å². The Morgan fingerprint density at radius 2 is 1.76 bits per heavy atom. The molecule has 21 heavy (non-hydrogen) atoms. The topological polar surface area (TPSA) is 56.3 Å². The number of rotatable bonds is 5. The van der Waals surface area contributed by atoms with Crippen molar-refractivity contribution in [3.8, 4) is 0 Å². The van der Waals surface area contributed by atoms with Crippen molar-refractivity contribution in [2.75, 3.05) is 6.61 Å². The molecule has 0 radical (unpaired) electrons. The number of ether oxygens (including phenoxy) is 1. The highest BCUT2D eigenvalue weighted by Crippen LogP contribution is 2.23. The molecule has 0 aliphatic rings. The summed E-state index contributed by atoms with van der Waals surface area (Å²) in [6.45, 7) is 1.83. The predicted octanol–water partition coefficient (Wildman–Crippen LogP) is 2.75. The number of benzene rings is 1. The number of carbonyl (C=O) groups is 2. The van der Waals surface area contributed by atoms with Gasteiger partial charge in [0.05, 0.1) is 6.61 Å². The van der Waals surface area contributed by atoms with Gasteiger partial charge in [-0.25, -0.2) is 4.39 Å². The minimum absolute atomic E-state index is 0.167. The van der Waals surface area contributed by atoms with E-state index in [1.165, 1.54) is 48.8 Å². The van der Waals surface area contributed by atoms with Gasteiger partial charge in [0, 0.05) is 18.0 Å². The lowest BCUT2D eigenvalue weighted by Gasteiger charge is -2.15. The third-order valence-corrected chi connectivity index (χ3v) is 2.95. The van der Waals surface area contributed by atoms with Crippen LogP contribution in [0.25, 0.3) is 0 Å². The van der Waals surface area contributed by atoms with Gasteiger partial charge in [-0.15, -0.1) is 0 Å². The molecule has 0 aliphatic carbocycles. The maximum Gasteiger partial charge on any atom is 0.321 e. The molecule has 2 aromatic rings. The standard InChI is InChI=1S/C16H14FNO3/c1-2-21-16(20)14(11-3-5-13(17)6-4-11)15(19)12-7-9-18-10-8-12/h3-10,14H,2H2,1H3/t14-/m0/s1. The van der Waals surface area contributed by atoms with Gasteiger partial charge in [0.2, 0.25) is 0 Å². The predicted molar refractivity (Wildman–Crippen MR) is 74.3 cm³/mol. The van der Waals surface area contributed by atoms with Crippen LogP contribution in [0.3, 0.4) is 0 Å². The largest absolute Gasteiger partial charge is 0.465 e. The Morgan fingerprint density at radius 3 is 2.33 bits per heavy atom. The van der Waals surface area contributed by atoms with Gasteiger partial charge in [-0.1, -0.05) is 12.1 Å². The first-order valence-corrected chi connectivity index (χ1v) is 6.49. The number of nitrogens with zero attached hydrogens (tertiary/aromatic N) is 1. The van der Waals surface area contributed by atoms with Crippen LogP contribution in [0.4, 0.5) is 4.39 Å². The van der Waals surface area contributed by atoms with E-state index in [-0.39, 0.29) is 6.61 Å². The summed E-state index contributed by atoms with van der Waals surface area (Å²) >= 11 is 0. The molecule has 0 saturated carbocycles. The number of halogens is 1. The van der Waals surface area contributed by atoms with Crippen LogP contribution in [0.15, 0.2) is 48.8 Å². The van der Waals surface area contributed by atoms with Crippen LogP contribution in [0.5, 0.6) is 0 Å². The van der Waals surface area contributed by atoms with Gasteiger partial charge in [-0.05, 0) is 36.8 Å². The van der Waals surface area contributed by atoms with Crippen LogP contribution in [0.2, 0.25) is 0 Å². The SMILES string of the molecule is CCOC(=O)[C@H](C(=O)c1ccncc1)c1ccc(F)cc1. The smallest absolute Gasteiger partial charge is 0.321 e. The molecule has 0 fully saturated rings. The van der Waals surface area contributed by atoms with Crippen molar-refractivity contribution in [1.29, 1.82) is 0 Å². The summed E-state index contributed by atoms with van der Waals surface area (Å²) in [6.07, 6.45) is 2.94. The van der Waals surface area contributed by atoms with Gasteiger partial charge in [0.25, 0.3) is 0 Å². The maximum atomic E-state index is 13.0. The van der Waals surface area contributed by atoms with E-state index in [1.54, 1.807) is 6.92 Å². The minimum atomic E-state index is -1.10. The Morgan fingerprint density at radius 1 is 1.14 bits per heavy atom. The molecule has 5 heteroatoms. The zero-order valence-corrected chi connectivity index (χ0v) is 11.5. The summed E-state index contributed by atoms with van der Waals surface area (Å²) in [5.74, 6) is -2.58. The Kier molecular flexibility index (Phi) is 4.77. The monoisotopic (exact) mass is 287 g/mol. The Labute approximate surface area is 121 Å². The highest BCUT2D eigenvalue weighted by Gasteiger charge is 2.30. The normalized spacial score (nSPS) is 11.7. The molecule has 0 spiro atoms. The zero-order chi connectivity index (χ0) is 15.2. The van der Waals surface area contributed by atoms with E-state index < -0.39 is 23.5 Å². The Bertz CT molecular complexity index is 626. The van der Waals surface area contributed by atoms with E-state index in [2.05, 4.69) is 4.98 Å². The van der Waals surface area contributed by atoms with Gasteiger partial charge in [-0.2, -0.15) is 0 Å². The lowest BCUT2D eigenvalue weighted by Crippen LogP contribution is -2.24. The molecule has 2 rings (SSSR count). The average Bonchev–Trinajstić information content (AvgIpc) is 2.50. The van der Waals surface area contributed by atoms with Crippen LogP contribution < -0.4 is 0 Å². The highest BCUT2D eigenvalue weighted by atomic mass is 19.1. The third kappa shape index (κ3) is 3.51. The van der Waals surface area contributed by atoms with Crippen molar-refractivity contribution >= 4 is 11.8 Å². The van der Waals surface area contributed by atoms with Gasteiger partial charge < -0.3 is 4.74 Å². The quantitative estimate of drug-likeness (QED) is 0.482. The number of aromatic nitrogens is 1. The number of carbonyl (C=O) groups excluding carboxylic acids is 2. The van der Waals surface area contributed by atoms with Crippen LogP contribution in [-0.2, 0) is 9.53 Å². The number of hydrogen-bond donors (Lipinski definition) is 0. The van der Waals surface area contributed by atoms with Gasteiger partial charge in [0.15, 0.2) is 5.78 Å². The molecule has 0 unspecified atom stereocenters. The number of pyridine rings is 1. The van der Waals surface area contributed by atoms with Gasteiger partial charge in [-0.3, -0.25) is 14.6 Å². The lowest BCUT2D eigenvalue weighted by atomic mass is 9.91. The molecular weight excluding hydrogens is 273 g/mol. The first-order valence-electron chi connectivity index (χ1n) is 6.49. The second kappa shape index (κ2) is 6.74. The molecule has 108 valence electrons. The summed E-state index contributed by atoms with van der Waals surface area (Å²) in [5.41, 5.74) is 0.754. The highest BCUT2D eigenvalue weighted by molar-refractivity contribution is 6.12. The van der Waals surface area contributed by atoms with E-state index in [1.807, 2.05) is 0 Å². The molecule has 0 saturated heterocycles. The van der Waals surface area contributed by atoms with Crippen molar-refractivity contribution in [2.45, 2.75) is 12.8 Å². The lowest BCUT2D eigenvalue weighted by molar-refractivity contribution is -0.143. The average molecular weight is 287 g/mol. The Balaban J connectivity index is 2.39. The second-order valence-electron chi connectivity index (χ2n) is 4.34. The molecule has 0 aliphatic heterocycles. The summed E-state index contributed by atoms with van der Waals surface area (Å²) in [5, 5.41) is 0. The van der Waals surface area contributed by atoms with Crippen LogP contribution in [0, 0.1) is 5.82 Å². The van der Waals surface area contributed by atoms with Crippen molar-refractivity contribution in [1.82, 2.24) is 4.98 Å². The minimum Gasteiger partial charge on any atom is -0.465 e. The summed E-state index contributed by atoms with van der Waals surface area (Å²) < 4.78 is 18.0. The van der Waals surface area contributed by atoms with Crippen LogP contribution in [-0.4, -0.2) is 23.3 Å². The van der Waals surface area contributed by atoms with E-state index >= 15 is 0 Å². The molecule has 0 amide bonds. The van der Waals surface area contributed by atoms with Crippen molar-refractivity contribution in [3.63, 3.8) is 0 Å². The molecule has 1 aromatic heterocycles. The molecule has 0 bridgehead atoms. The second-order valence-corrected chi connectivity index (χ2v) is 4.34. The fourth-order valence-corrected chi connectivity index (χ4v) is 1.96. The van der Waals surface area contributed by atoms with E-state index in [9.17, 15) is 14.0 Å². The first kappa shape index (κ1) is 14.8. The Hall–Kier alpha value is -2.56. The molecular formula is C16H14FNO3. The maximum absolute atomic E-state index is 13.0. The number of esters is 1. The molecule has 1 atom stereocenters. The van der Waals surface area contributed by atoms with Crippen LogP contribution >= 0.6 is 0 Å². The summed E-state index contributed by atoms with van der Waals surface area (Å²) in [6, 6.07) is 8.30. The summed E-state index contributed by atoms with van der Waals surface area (Å²) in [7, 11) is 0. The summed E-state index contributed by atoms with van der Waals surface area (Å²) in [4.78, 5) is 28.4. The molecule has 1 heterocycles. The van der Waals surface area contributed by atoms with E-state index in [4.69, 9.17) is 4.74 Å². The number of ketones is 1. The van der Waals surface area contributed by atoms with Crippen molar-refractivity contribution < 1.29 is 18.7 Å². The third-order valence-electron chi connectivity index (χ3n) is 2.95. The number of hydrogen-bond acceptors (Lipinski definition) is 4. The van der Waals surface area contributed by atoms with Gasteiger partial charge >= 0.3 is 5.97 Å². The molecule has 0 N–H and O–H groups in total. The van der Waals surface area contributed by atoms with Crippen LogP contribution in [0.1, 0.15) is 28.8 Å². The zero-order valence-electron chi connectivity index (χ0n) is 11.5. The van der Waals surface area contributed by atoms with E-state index in [0.29, 0.717) is 11.1 Å². The fraction of sp³-hybridized carbons (Fsp3) is 0.188. The molecule has 4 nitrogen and oxygen atoms in total. The number of Topliss-reactive ketones (excluding diaryl/α,β-unsaturated/α-hetero) is 1. The fourth-order valence-electron chi connectivity index (χ4n) is 1.96. The van der Waals surface area contributed by atoms with Crippen molar-refractivity contribution in [2.24, 2.45) is 0 Å².